The number of hydrogen-bond donors (Lipinski definition) is 1. The summed E-state index contributed by atoms with van der Waals surface area (Å²) in [7, 11) is 1.54. The molecule has 1 N–H and O–H groups in total. The lowest BCUT2D eigenvalue weighted by atomic mass is 10.2. The van der Waals surface area contributed by atoms with Gasteiger partial charge >= 0.3 is 11.7 Å². The van der Waals surface area contributed by atoms with Crippen LogP contribution in [-0.4, -0.2) is 30.4 Å². The Bertz CT molecular complexity index is 1400. The molecule has 0 aliphatic carbocycles. The first-order chi connectivity index (χ1) is 15.9. The fourth-order valence-electron chi connectivity index (χ4n) is 3.71. The van der Waals surface area contributed by atoms with Crippen molar-refractivity contribution in [2.75, 3.05) is 6.61 Å². The molecule has 33 heavy (non-hydrogen) atoms. The second-order valence-corrected chi connectivity index (χ2v) is 7.76. The maximum atomic E-state index is 13.4. The standard InChI is InChI=1S/C24H25FN4O4/c1-3-16-6-4-7-19(14-16)33-23-26-21-20(29(23)15-17-8-10-18(25)11-9-17)22(31)28(12-5-13-30)24(32)27(21)2/h4,6-11,14,30H,3,5,12-13,15H2,1-2H3. The monoisotopic (exact) mass is 452 g/mol. The van der Waals surface area contributed by atoms with Gasteiger partial charge in [0.2, 0.25) is 0 Å². The predicted molar refractivity (Wildman–Crippen MR) is 122 cm³/mol. The van der Waals surface area contributed by atoms with Gasteiger partial charge in [0, 0.05) is 20.2 Å². The van der Waals surface area contributed by atoms with Gasteiger partial charge in [0.1, 0.15) is 11.6 Å². The maximum Gasteiger partial charge on any atom is 0.332 e. The van der Waals surface area contributed by atoms with Crippen molar-refractivity contribution >= 4 is 11.2 Å². The summed E-state index contributed by atoms with van der Waals surface area (Å²) in [6.45, 7) is 2.15. The molecular weight excluding hydrogens is 427 g/mol. The molecule has 0 fully saturated rings. The van der Waals surface area contributed by atoms with E-state index in [1.54, 1.807) is 22.8 Å². The van der Waals surface area contributed by atoms with Crippen LogP contribution in [0.5, 0.6) is 11.8 Å². The number of rotatable bonds is 8. The van der Waals surface area contributed by atoms with Crippen molar-refractivity contribution in [3.63, 3.8) is 0 Å². The van der Waals surface area contributed by atoms with Crippen LogP contribution in [0.2, 0.25) is 0 Å². The van der Waals surface area contributed by atoms with Gasteiger partial charge in [-0.1, -0.05) is 31.2 Å². The first-order valence-corrected chi connectivity index (χ1v) is 10.7. The summed E-state index contributed by atoms with van der Waals surface area (Å²) < 4.78 is 23.5. The second-order valence-electron chi connectivity index (χ2n) is 7.76. The number of aliphatic hydroxyl groups excluding tert-OH is 1. The molecule has 8 nitrogen and oxygen atoms in total. The average molecular weight is 452 g/mol. The maximum absolute atomic E-state index is 13.4. The highest BCUT2D eigenvalue weighted by Crippen LogP contribution is 2.26. The Morgan fingerprint density at radius 2 is 1.82 bits per heavy atom. The van der Waals surface area contributed by atoms with Crippen LogP contribution in [0.15, 0.2) is 58.1 Å². The number of nitrogens with zero attached hydrogens (tertiary/aromatic N) is 4. The Kier molecular flexibility index (Phi) is 6.41. The van der Waals surface area contributed by atoms with Crippen LogP contribution in [-0.2, 0) is 26.6 Å². The van der Waals surface area contributed by atoms with Gasteiger partial charge in [-0.2, -0.15) is 4.98 Å². The minimum atomic E-state index is -0.521. The van der Waals surface area contributed by atoms with E-state index in [0.717, 1.165) is 22.1 Å². The zero-order valence-corrected chi connectivity index (χ0v) is 18.5. The summed E-state index contributed by atoms with van der Waals surface area (Å²) >= 11 is 0. The predicted octanol–water partition coefficient (Wildman–Crippen LogP) is 2.82. The van der Waals surface area contributed by atoms with Crippen molar-refractivity contribution in [2.24, 2.45) is 7.05 Å². The first-order valence-electron chi connectivity index (χ1n) is 10.7. The lowest BCUT2D eigenvalue weighted by molar-refractivity contribution is 0.277. The Hall–Kier alpha value is -3.72. The molecule has 0 saturated carbocycles. The van der Waals surface area contributed by atoms with E-state index in [2.05, 4.69) is 4.98 Å². The molecule has 0 saturated heterocycles. The van der Waals surface area contributed by atoms with E-state index in [9.17, 15) is 19.1 Å². The molecule has 0 aliphatic heterocycles. The number of ether oxygens (including phenoxy) is 1. The van der Waals surface area contributed by atoms with E-state index >= 15 is 0 Å². The van der Waals surface area contributed by atoms with E-state index in [1.165, 1.54) is 23.7 Å². The largest absolute Gasteiger partial charge is 0.425 e. The highest BCUT2D eigenvalue weighted by atomic mass is 19.1. The zero-order valence-electron chi connectivity index (χ0n) is 18.5. The van der Waals surface area contributed by atoms with Crippen molar-refractivity contribution in [2.45, 2.75) is 32.9 Å². The van der Waals surface area contributed by atoms with Crippen molar-refractivity contribution in [1.82, 2.24) is 18.7 Å². The first kappa shape index (κ1) is 22.5. The molecule has 0 aliphatic rings. The van der Waals surface area contributed by atoms with Gasteiger partial charge in [0.25, 0.3) is 5.56 Å². The fraction of sp³-hybridized carbons (Fsp3) is 0.292. The Balaban J connectivity index is 1.92. The van der Waals surface area contributed by atoms with Gasteiger partial charge < -0.3 is 9.84 Å². The molecule has 0 bridgehead atoms. The topological polar surface area (TPSA) is 91.3 Å². The van der Waals surface area contributed by atoms with Gasteiger partial charge in [-0.3, -0.25) is 18.5 Å². The number of halogens is 1. The Morgan fingerprint density at radius 3 is 2.52 bits per heavy atom. The molecule has 4 aromatic rings. The fourth-order valence-corrected chi connectivity index (χ4v) is 3.71. The number of aromatic nitrogens is 4. The minimum Gasteiger partial charge on any atom is -0.425 e. The molecule has 0 amide bonds. The molecule has 9 heteroatoms. The van der Waals surface area contributed by atoms with Crippen molar-refractivity contribution in [3.8, 4) is 11.8 Å². The van der Waals surface area contributed by atoms with Gasteiger partial charge in [-0.25, -0.2) is 9.18 Å². The molecular formula is C24H25FN4O4. The quantitative estimate of drug-likeness (QED) is 0.444. The van der Waals surface area contributed by atoms with E-state index in [1.807, 2.05) is 25.1 Å². The molecule has 2 aromatic heterocycles. The van der Waals surface area contributed by atoms with Gasteiger partial charge in [0.15, 0.2) is 11.2 Å². The van der Waals surface area contributed by atoms with Crippen LogP contribution in [0.4, 0.5) is 4.39 Å². The number of fused-ring (bicyclic) bond motifs is 1. The third kappa shape index (κ3) is 4.45. The molecule has 0 unspecified atom stereocenters. The summed E-state index contributed by atoms with van der Waals surface area (Å²) in [6.07, 6.45) is 1.09. The van der Waals surface area contributed by atoms with Crippen LogP contribution < -0.4 is 16.0 Å². The van der Waals surface area contributed by atoms with E-state index in [-0.39, 0.29) is 49.1 Å². The molecule has 0 atom stereocenters. The summed E-state index contributed by atoms with van der Waals surface area (Å²) in [5, 5.41) is 9.18. The van der Waals surface area contributed by atoms with Gasteiger partial charge in [-0.05, 0) is 48.2 Å². The number of imidazole rings is 1. The summed E-state index contributed by atoms with van der Waals surface area (Å²) in [5.41, 5.74) is 1.15. The minimum absolute atomic E-state index is 0.0778. The molecule has 172 valence electrons. The average Bonchev–Trinajstić information content (AvgIpc) is 3.17. The third-order valence-electron chi connectivity index (χ3n) is 5.51. The normalized spacial score (nSPS) is 11.3. The van der Waals surface area contributed by atoms with Crippen LogP contribution in [0.1, 0.15) is 24.5 Å². The van der Waals surface area contributed by atoms with E-state index in [0.29, 0.717) is 5.75 Å². The lowest BCUT2D eigenvalue weighted by Crippen LogP contribution is -2.39. The Labute approximate surface area is 189 Å². The van der Waals surface area contributed by atoms with E-state index in [4.69, 9.17) is 4.74 Å². The van der Waals surface area contributed by atoms with Crippen LogP contribution in [0, 0.1) is 5.82 Å². The van der Waals surface area contributed by atoms with Crippen molar-refractivity contribution in [3.05, 3.63) is 86.3 Å². The van der Waals surface area contributed by atoms with Crippen LogP contribution >= 0.6 is 0 Å². The summed E-state index contributed by atoms with van der Waals surface area (Å²) in [5.74, 6) is 0.187. The summed E-state index contributed by atoms with van der Waals surface area (Å²) in [4.78, 5) is 30.6. The van der Waals surface area contributed by atoms with Gasteiger partial charge in [-0.15, -0.1) is 0 Å². The number of benzene rings is 2. The molecule has 0 spiro atoms. The highest BCUT2D eigenvalue weighted by Gasteiger charge is 2.22. The zero-order chi connectivity index (χ0) is 23.5. The molecule has 4 rings (SSSR count). The second kappa shape index (κ2) is 9.41. The molecule has 0 radical (unpaired) electrons. The summed E-state index contributed by atoms with van der Waals surface area (Å²) in [6, 6.07) is 13.6. The van der Waals surface area contributed by atoms with Crippen LogP contribution in [0.3, 0.4) is 0 Å². The van der Waals surface area contributed by atoms with Crippen molar-refractivity contribution in [1.29, 1.82) is 0 Å². The Morgan fingerprint density at radius 1 is 1.06 bits per heavy atom. The van der Waals surface area contributed by atoms with Crippen LogP contribution in [0.25, 0.3) is 11.2 Å². The number of aryl methyl sites for hydroxylation is 2. The lowest BCUT2D eigenvalue weighted by Gasteiger charge is -2.12. The molecule has 2 aromatic carbocycles. The number of aliphatic hydroxyl groups is 1. The third-order valence-corrected chi connectivity index (χ3v) is 5.51. The van der Waals surface area contributed by atoms with Gasteiger partial charge in [0.05, 0.1) is 6.54 Å². The van der Waals surface area contributed by atoms with Crippen molar-refractivity contribution < 1.29 is 14.2 Å². The molecule has 2 heterocycles. The SMILES string of the molecule is CCc1cccc(Oc2nc3c(c(=O)n(CCCO)c(=O)n3C)n2Cc2ccc(F)cc2)c1. The number of hydrogen-bond acceptors (Lipinski definition) is 5. The smallest absolute Gasteiger partial charge is 0.332 e. The van der Waals surface area contributed by atoms with E-state index < -0.39 is 11.2 Å². The highest BCUT2D eigenvalue weighted by molar-refractivity contribution is 5.72.